The summed E-state index contributed by atoms with van der Waals surface area (Å²) in [5.74, 6) is 0.725. The van der Waals surface area contributed by atoms with E-state index in [9.17, 15) is 0 Å². The first-order chi connectivity index (χ1) is 8.15. The van der Waals surface area contributed by atoms with Crippen molar-refractivity contribution in [1.29, 1.82) is 0 Å². The highest BCUT2D eigenvalue weighted by molar-refractivity contribution is 7.80. The van der Waals surface area contributed by atoms with E-state index in [-0.39, 0.29) is 0 Å². The summed E-state index contributed by atoms with van der Waals surface area (Å²) in [7, 11) is 0. The van der Waals surface area contributed by atoms with Gasteiger partial charge in [0.25, 0.3) is 0 Å². The summed E-state index contributed by atoms with van der Waals surface area (Å²) in [4.78, 5) is 0.359. The maximum Gasteiger partial charge on any atom is 0.129 e. The molecule has 0 amide bonds. The van der Waals surface area contributed by atoms with E-state index in [0.29, 0.717) is 18.2 Å². The quantitative estimate of drug-likeness (QED) is 0.599. The van der Waals surface area contributed by atoms with Gasteiger partial charge >= 0.3 is 0 Å². The monoisotopic (exact) mass is 253 g/mol. The second-order valence-electron chi connectivity index (χ2n) is 3.82. The minimum atomic E-state index is 0.359. The molecule has 1 aromatic rings. The van der Waals surface area contributed by atoms with Gasteiger partial charge in [-0.1, -0.05) is 30.8 Å². The molecular weight excluding hydrogens is 234 g/mol. The molecule has 0 saturated heterocycles. The van der Waals surface area contributed by atoms with Crippen LogP contribution in [-0.2, 0) is 4.74 Å². The Balaban J connectivity index is 2.55. The number of nitrogens with two attached hydrogens (primary N) is 1. The Kier molecular flexibility index (Phi) is 5.94. The van der Waals surface area contributed by atoms with Crippen LogP contribution >= 0.6 is 12.2 Å². The summed E-state index contributed by atoms with van der Waals surface area (Å²) in [6, 6.07) is 5.80. The summed E-state index contributed by atoms with van der Waals surface area (Å²) in [6.45, 7) is 5.93. The Morgan fingerprint density at radius 3 is 2.71 bits per heavy atom. The van der Waals surface area contributed by atoms with E-state index < -0.39 is 0 Å². The number of benzene rings is 1. The molecule has 0 radical (unpaired) electrons. The first-order valence-corrected chi connectivity index (χ1v) is 6.17. The van der Waals surface area contributed by atoms with Crippen LogP contribution in [0.4, 0.5) is 0 Å². The van der Waals surface area contributed by atoms with Gasteiger partial charge in [0.05, 0.1) is 12.2 Å². The van der Waals surface area contributed by atoms with Crippen molar-refractivity contribution in [1.82, 2.24) is 0 Å². The van der Waals surface area contributed by atoms with Crippen LogP contribution in [0.1, 0.15) is 24.5 Å². The predicted octanol–water partition coefficient (Wildman–Crippen LogP) is 2.43. The highest BCUT2D eigenvalue weighted by Crippen LogP contribution is 2.19. The van der Waals surface area contributed by atoms with Crippen LogP contribution in [0.2, 0.25) is 0 Å². The maximum atomic E-state index is 5.66. The summed E-state index contributed by atoms with van der Waals surface area (Å²) >= 11 is 5.00. The molecule has 0 spiro atoms. The average Bonchev–Trinajstić information content (AvgIpc) is 2.30. The number of rotatable bonds is 7. The molecule has 3 nitrogen and oxygen atoms in total. The Bertz CT molecular complexity index is 380. The van der Waals surface area contributed by atoms with Crippen LogP contribution < -0.4 is 10.5 Å². The first-order valence-electron chi connectivity index (χ1n) is 5.76. The van der Waals surface area contributed by atoms with Gasteiger partial charge in [-0.2, -0.15) is 0 Å². The normalized spacial score (nSPS) is 10.2. The van der Waals surface area contributed by atoms with Gasteiger partial charge in [-0.3, -0.25) is 0 Å². The molecule has 94 valence electrons. The highest BCUT2D eigenvalue weighted by Gasteiger charge is 2.06. The average molecular weight is 253 g/mol. The van der Waals surface area contributed by atoms with Crippen molar-refractivity contribution in [2.75, 3.05) is 19.8 Å². The number of hydrogen-bond donors (Lipinski definition) is 1. The first kappa shape index (κ1) is 13.9. The molecule has 0 aliphatic carbocycles. The van der Waals surface area contributed by atoms with Gasteiger partial charge in [0.1, 0.15) is 17.3 Å². The van der Waals surface area contributed by atoms with Gasteiger partial charge < -0.3 is 15.2 Å². The SMILES string of the molecule is CCCOCCOc1ccc(C)cc1C(N)=S. The minimum Gasteiger partial charge on any atom is -0.490 e. The number of aryl methyl sites for hydroxylation is 1. The Hall–Kier alpha value is -1.13. The van der Waals surface area contributed by atoms with Crippen LogP contribution in [0.5, 0.6) is 5.75 Å². The maximum absolute atomic E-state index is 5.66. The molecule has 0 fully saturated rings. The molecule has 0 heterocycles. The molecule has 0 atom stereocenters. The van der Waals surface area contributed by atoms with E-state index in [1.54, 1.807) is 0 Å². The number of thiocarbonyl (C=S) groups is 1. The van der Waals surface area contributed by atoms with Crippen molar-refractivity contribution in [3.05, 3.63) is 29.3 Å². The van der Waals surface area contributed by atoms with Gasteiger partial charge in [-0.05, 0) is 25.5 Å². The van der Waals surface area contributed by atoms with E-state index in [0.717, 1.165) is 29.9 Å². The third-order valence-electron chi connectivity index (χ3n) is 2.23. The van der Waals surface area contributed by atoms with Gasteiger partial charge in [-0.25, -0.2) is 0 Å². The smallest absolute Gasteiger partial charge is 0.129 e. The molecule has 0 aliphatic rings. The Morgan fingerprint density at radius 1 is 1.29 bits per heavy atom. The lowest BCUT2D eigenvalue weighted by Crippen LogP contribution is -2.14. The van der Waals surface area contributed by atoms with Gasteiger partial charge in [0, 0.05) is 6.61 Å². The number of ether oxygens (including phenoxy) is 2. The second kappa shape index (κ2) is 7.25. The zero-order valence-corrected chi connectivity index (χ0v) is 11.2. The third-order valence-corrected chi connectivity index (χ3v) is 2.45. The molecule has 0 saturated carbocycles. The highest BCUT2D eigenvalue weighted by atomic mass is 32.1. The Morgan fingerprint density at radius 2 is 2.06 bits per heavy atom. The van der Waals surface area contributed by atoms with E-state index in [1.165, 1.54) is 0 Å². The summed E-state index contributed by atoms with van der Waals surface area (Å²) < 4.78 is 10.9. The van der Waals surface area contributed by atoms with Crippen molar-refractivity contribution in [2.24, 2.45) is 5.73 Å². The lowest BCUT2D eigenvalue weighted by atomic mass is 10.1. The molecule has 4 heteroatoms. The second-order valence-corrected chi connectivity index (χ2v) is 4.26. The molecule has 2 N–H and O–H groups in total. The number of hydrogen-bond acceptors (Lipinski definition) is 3. The van der Waals surface area contributed by atoms with E-state index in [1.807, 2.05) is 25.1 Å². The van der Waals surface area contributed by atoms with Crippen molar-refractivity contribution in [3.63, 3.8) is 0 Å². The van der Waals surface area contributed by atoms with E-state index >= 15 is 0 Å². The van der Waals surface area contributed by atoms with Crippen LogP contribution in [0.3, 0.4) is 0 Å². The molecule has 0 aromatic heterocycles. The lowest BCUT2D eigenvalue weighted by Gasteiger charge is -2.11. The fraction of sp³-hybridized carbons (Fsp3) is 0.462. The molecule has 0 unspecified atom stereocenters. The van der Waals surface area contributed by atoms with Crippen molar-refractivity contribution < 1.29 is 9.47 Å². The van der Waals surface area contributed by atoms with E-state index in [2.05, 4.69) is 6.92 Å². The topological polar surface area (TPSA) is 44.5 Å². The van der Waals surface area contributed by atoms with Crippen molar-refractivity contribution in [3.8, 4) is 5.75 Å². The molecule has 1 aromatic carbocycles. The Labute approximate surface area is 108 Å². The van der Waals surface area contributed by atoms with Crippen LogP contribution in [-0.4, -0.2) is 24.8 Å². The predicted molar refractivity (Wildman–Crippen MR) is 73.7 cm³/mol. The molecule has 0 aliphatic heterocycles. The van der Waals surface area contributed by atoms with Crippen LogP contribution in [0.25, 0.3) is 0 Å². The fourth-order valence-electron chi connectivity index (χ4n) is 1.42. The van der Waals surface area contributed by atoms with Gasteiger partial charge in [-0.15, -0.1) is 0 Å². The van der Waals surface area contributed by atoms with Crippen molar-refractivity contribution >= 4 is 17.2 Å². The van der Waals surface area contributed by atoms with Gasteiger partial charge in [0.2, 0.25) is 0 Å². The van der Waals surface area contributed by atoms with E-state index in [4.69, 9.17) is 27.4 Å². The summed E-state index contributed by atoms with van der Waals surface area (Å²) in [5.41, 5.74) is 7.56. The minimum absolute atomic E-state index is 0.359. The fourth-order valence-corrected chi connectivity index (χ4v) is 1.58. The molecular formula is C13H19NO2S. The van der Waals surface area contributed by atoms with Crippen LogP contribution in [0, 0.1) is 6.92 Å². The lowest BCUT2D eigenvalue weighted by molar-refractivity contribution is 0.101. The van der Waals surface area contributed by atoms with Crippen LogP contribution in [0.15, 0.2) is 18.2 Å². The molecule has 1 rings (SSSR count). The van der Waals surface area contributed by atoms with Gasteiger partial charge in [0.15, 0.2) is 0 Å². The zero-order chi connectivity index (χ0) is 12.7. The third kappa shape index (κ3) is 4.71. The standard InChI is InChI=1S/C13H19NO2S/c1-3-6-15-7-8-16-12-5-4-10(2)9-11(12)13(14)17/h4-5,9H,3,6-8H2,1-2H3,(H2,14,17). The summed E-state index contributed by atoms with van der Waals surface area (Å²) in [5, 5.41) is 0. The van der Waals surface area contributed by atoms with Crippen molar-refractivity contribution in [2.45, 2.75) is 20.3 Å². The molecule has 17 heavy (non-hydrogen) atoms. The zero-order valence-electron chi connectivity index (χ0n) is 10.4. The molecule has 0 bridgehead atoms. The largest absolute Gasteiger partial charge is 0.490 e. The summed E-state index contributed by atoms with van der Waals surface area (Å²) in [6.07, 6.45) is 1.02.